The second kappa shape index (κ2) is 5.34. The van der Waals surface area contributed by atoms with Crippen LogP contribution in [0, 0.1) is 0 Å². The smallest absolute Gasteiger partial charge is 0.0481 e. The molecule has 0 saturated heterocycles. The highest BCUT2D eigenvalue weighted by Crippen LogP contribution is 2.39. The third kappa shape index (κ3) is 2.50. The first-order valence-corrected chi connectivity index (χ1v) is 7.61. The van der Waals surface area contributed by atoms with E-state index in [1.54, 1.807) is 11.8 Å². The van der Waals surface area contributed by atoms with Crippen LogP contribution in [0.3, 0.4) is 0 Å². The molecule has 4 heteroatoms. The maximum atomic E-state index is 3.58. The monoisotopic (exact) mass is 254 g/mol. The van der Waals surface area contributed by atoms with E-state index < -0.39 is 0 Å². The van der Waals surface area contributed by atoms with Crippen LogP contribution in [0.15, 0.2) is 28.0 Å². The van der Waals surface area contributed by atoms with E-state index in [2.05, 4.69) is 42.0 Å². The number of hydrogen-bond donors (Lipinski definition) is 2. The summed E-state index contributed by atoms with van der Waals surface area (Å²) in [6.07, 6.45) is 2.12. The standard InChI is InChI=1S/C12H18N2S2/c1-8-12(7-13-2)16-11-6-9(15-3)4-5-10(11)14-8/h4-6,8,12-14H,7H2,1-3H3. The molecular formula is C12H18N2S2. The summed E-state index contributed by atoms with van der Waals surface area (Å²) in [4.78, 5) is 2.72. The highest BCUT2D eigenvalue weighted by atomic mass is 32.2. The summed E-state index contributed by atoms with van der Waals surface area (Å²) in [6.45, 7) is 3.29. The van der Waals surface area contributed by atoms with Gasteiger partial charge in [-0.3, -0.25) is 0 Å². The SMILES string of the molecule is CNCC1Sc2cc(SC)ccc2NC1C. The fraction of sp³-hybridized carbons (Fsp3) is 0.500. The molecule has 0 aliphatic carbocycles. The molecule has 2 N–H and O–H groups in total. The zero-order valence-electron chi connectivity index (χ0n) is 9.91. The zero-order chi connectivity index (χ0) is 11.5. The molecule has 2 rings (SSSR count). The first-order valence-electron chi connectivity index (χ1n) is 5.50. The average Bonchev–Trinajstić information content (AvgIpc) is 2.30. The summed E-state index contributed by atoms with van der Waals surface area (Å²) >= 11 is 3.78. The van der Waals surface area contributed by atoms with Crippen LogP contribution in [0.25, 0.3) is 0 Å². The lowest BCUT2D eigenvalue weighted by Crippen LogP contribution is -2.38. The van der Waals surface area contributed by atoms with E-state index in [1.807, 2.05) is 18.8 Å². The van der Waals surface area contributed by atoms with Gasteiger partial charge in [-0.1, -0.05) is 0 Å². The molecule has 0 bridgehead atoms. The van der Waals surface area contributed by atoms with Crippen molar-refractivity contribution in [3.63, 3.8) is 0 Å². The summed E-state index contributed by atoms with van der Waals surface area (Å²) < 4.78 is 0. The molecule has 1 aliphatic heterocycles. The minimum atomic E-state index is 0.519. The van der Waals surface area contributed by atoms with Crippen molar-refractivity contribution in [2.45, 2.75) is 28.0 Å². The summed E-state index contributed by atoms with van der Waals surface area (Å²) in [6, 6.07) is 7.18. The van der Waals surface area contributed by atoms with Crippen molar-refractivity contribution in [3.8, 4) is 0 Å². The maximum Gasteiger partial charge on any atom is 0.0481 e. The molecule has 1 heterocycles. The molecule has 1 aliphatic rings. The Kier molecular flexibility index (Phi) is 4.05. The van der Waals surface area contributed by atoms with Gasteiger partial charge in [-0.25, -0.2) is 0 Å². The molecule has 1 aromatic rings. The normalized spacial score (nSPS) is 23.7. The van der Waals surface area contributed by atoms with Gasteiger partial charge < -0.3 is 10.6 Å². The van der Waals surface area contributed by atoms with E-state index in [1.165, 1.54) is 15.5 Å². The van der Waals surface area contributed by atoms with Crippen molar-refractivity contribution in [2.75, 3.05) is 25.2 Å². The average molecular weight is 254 g/mol. The predicted octanol–water partition coefficient (Wildman–Crippen LogP) is 2.90. The number of hydrogen-bond acceptors (Lipinski definition) is 4. The molecule has 0 aromatic heterocycles. The predicted molar refractivity (Wildman–Crippen MR) is 74.9 cm³/mol. The lowest BCUT2D eigenvalue weighted by atomic mass is 10.2. The van der Waals surface area contributed by atoms with E-state index in [4.69, 9.17) is 0 Å². The lowest BCUT2D eigenvalue weighted by Gasteiger charge is -2.32. The third-order valence-electron chi connectivity index (χ3n) is 2.81. The van der Waals surface area contributed by atoms with Crippen LogP contribution in [-0.2, 0) is 0 Å². The van der Waals surface area contributed by atoms with Gasteiger partial charge in [0.15, 0.2) is 0 Å². The molecule has 0 spiro atoms. The fourth-order valence-electron chi connectivity index (χ4n) is 1.87. The number of thioether (sulfide) groups is 2. The Bertz CT molecular complexity index is 368. The fourth-order valence-corrected chi connectivity index (χ4v) is 3.68. The van der Waals surface area contributed by atoms with Gasteiger partial charge in [-0.15, -0.1) is 23.5 Å². The first-order chi connectivity index (χ1) is 7.74. The van der Waals surface area contributed by atoms with E-state index in [-0.39, 0.29) is 0 Å². The van der Waals surface area contributed by atoms with Crippen LogP contribution < -0.4 is 10.6 Å². The Morgan fingerprint density at radius 2 is 2.31 bits per heavy atom. The van der Waals surface area contributed by atoms with E-state index in [0.29, 0.717) is 11.3 Å². The minimum Gasteiger partial charge on any atom is -0.381 e. The van der Waals surface area contributed by atoms with Crippen molar-refractivity contribution in [1.82, 2.24) is 5.32 Å². The molecule has 1 aromatic carbocycles. The van der Waals surface area contributed by atoms with Crippen LogP contribution in [0.2, 0.25) is 0 Å². The molecule has 2 nitrogen and oxygen atoms in total. The second-order valence-electron chi connectivity index (χ2n) is 4.01. The second-order valence-corrected chi connectivity index (χ2v) is 6.17. The number of fused-ring (bicyclic) bond motifs is 1. The summed E-state index contributed by atoms with van der Waals surface area (Å²) in [5, 5.41) is 7.44. The molecule has 0 saturated carbocycles. The van der Waals surface area contributed by atoms with E-state index in [0.717, 1.165) is 6.54 Å². The highest BCUT2D eigenvalue weighted by Gasteiger charge is 2.24. The molecular weight excluding hydrogens is 236 g/mol. The van der Waals surface area contributed by atoms with Gasteiger partial charge in [0.2, 0.25) is 0 Å². The molecule has 2 unspecified atom stereocenters. The van der Waals surface area contributed by atoms with E-state index >= 15 is 0 Å². The van der Waals surface area contributed by atoms with E-state index in [9.17, 15) is 0 Å². The van der Waals surface area contributed by atoms with Gasteiger partial charge in [-0.05, 0) is 38.4 Å². The zero-order valence-corrected chi connectivity index (χ0v) is 11.5. The number of rotatable bonds is 3. The topological polar surface area (TPSA) is 24.1 Å². The summed E-state index contributed by atoms with van der Waals surface area (Å²) in [7, 11) is 2.01. The van der Waals surface area contributed by atoms with Crippen molar-refractivity contribution >= 4 is 29.2 Å². The van der Waals surface area contributed by atoms with Gasteiger partial charge in [0.05, 0.1) is 0 Å². The van der Waals surface area contributed by atoms with Crippen LogP contribution in [0.4, 0.5) is 5.69 Å². The van der Waals surface area contributed by atoms with Gasteiger partial charge >= 0.3 is 0 Å². The van der Waals surface area contributed by atoms with Crippen molar-refractivity contribution < 1.29 is 0 Å². The van der Waals surface area contributed by atoms with Crippen molar-refractivity contribution in [1.29, 1.82) is 0 Å². The maximum absolute atomic E-state index is 3.58. The number of anilines is 1. The Hall–Kier alpha value is -0.320. The Balaban J connectivity index is 2.22. The van der Waals surface area contributed by atoms with Crippen LogP contribution in [0.1, 0.15) is 6.92 Å². The van der Waals surface area contributed by atoms with Crippen molar-refractivity contribution in [3.05, 3.63) is 18.2 Å². The van der Waals surface area contributed by atoms with Gasteiger partial charge in [0.25, 0.3) is 0 Å². The quantitative estimate of drug-likeness (QED) is 0.810. The van der Waals surface area contributed by atoms with Gasteiger partial charge in [0, 0.05) is 33.3 Å². The molecule has 0 radical (unpaired) electrons. The Morgan fingerprint density at radius 1 is 1.50 bits per heavy atom. The molecule has 0 amide bonds. The Morgan fingerprint density at radius 3 is 3.00 bits per heavy atom. The first kappa shape index (κ1) is 12.1. The summed E-state index contributed by atoms with van der Waals surface area (Å²) in [5.74, 6) is 0. The highest BCUT2D eigenvalue weighted by molar-refractivity contribution is 8.00. The summed E-state index contributed by atoms with van der Waals surface area (Å²) in [5.41, 5.74) is 1.28. The molecule has 2 atom stereocenters. The minimum absolute atomic E-state index is 0.519. The lowest BCUT2D eigenvalue weighted by molar-refractivity contribution is 0.665. The van der Waals surface area contributed by atoms with Crippen LogP contribution >= 0.6 is 23.5 Å². The molecule has 0 fully saturated rings. The van der Waals surface area contributed by atoms with Crippen molar-refractivity contribution in [2.24, 2.45) is 0 Å². The largest absolute Gasteiger partial charge is 0.381 e. The van der Waals surface area contributed by atoms with Gasteiger partial charge in [0.1, 0.15) is 0 Å². The third-order valence-corrected chi connectivity index (χ3v) is 5.01. The van der Waals surface area contributed by atoms with Gasteiger partial charge in [-0.2, -0.15) is 0 Å². The number of benzene rings is 1. The van der Waals surface area contributed by atoms with Crippen LogP contribution in [-0.4, -0.2) is 31.1 Å². The molecule has 88 valence electrons. The Labute approximate surface area is 106 Å². The van der Waals surface area contributed by atoms with Crippen LogP contribution in [0.5, 0.6) is 0 Å². The molecule has 16 heavy (non-hydrogen) atoms. The number of nitrogens with one attached hydrogen (secondary N) is 2.